The van der Waals surface area contributed by atoms with Gasteiger partial charge in [0.2, 0.25) is 20.0 Å². The fourth-order valence-electron chi connectivity index (χ4n) is 1.81. The van der Waals surface area contributed by atoms with Crippen LogP contribution < -0.4 is 5.14 Å². The molecule has 2 N–H and O–H groups in total. The molecule has 20 heavy (non-hydrogen) atoms. The molecule has 0 radical (unpaired) electrons. The number of hydrogen-bond acceptors (Lipinski definition) is 4. The molecule has 8 heteroatoms. The Kier molecular flexibility index (Phi) is 5.69. The van der Waals surface area contributed by atoms with Crippen molar-refractivity contribution in [1.82, 2.24) is 4.31 Å². The molecule has 0 bridgehead atoms. The summed E-state index contributed by atoms with van der Waals surface area (Å²) in [6.07, 6.45) is 1.38. The van der Waals surface area contributed by atoms with E-state index >= 15 is 0 Å². The van der Waals surface area contributed by atoms with Gasteiger partial charge in [0, 0.05) is 13.1 Å². The fourth-order valence-corrected chi connectivity index (χ4v) is 4.12. The molecule has 0 unspecified atom stereocenters. The summed E-state index contributed by atoms with van der Waals surface area (Å²) in [5, 5.41) is 5.03. The zero-order valence-electron chi connectivity index (χ0n) is 11.6. The second-order valence-electron chi connectivity index (χ2n) is 4.42. The van der Waals surface area contributed by atoms with E-state index in [1.807, 2.05) is 13.8 Å². The predicted octanol–water partition coefficient (Wildman–Crippen LogP) is 1.14. The van der Waals surface area contributed by atoms with Crippen LogP contribution in [0, 0.1) is 0 Å². The van der Waals surface area contributed by atoms with E-state index in [4.69, 9.17) is 5.14 Å². The standard InChI is InChI=1S/C12H20N2O4S2/c1-3-8-14(9-4-2)20(17,18)12-7-5-6-11(10-12)19(13,15)16/h5-7,10H,3-4,8-9H2,1-2H3,(H2,13,15,16). The van der Waals surface area contributed by atoms with Crippen molar-refractivity contribution in [3.8, 4) is 0 Å². The van der Waals surface area contributed by atoms with Crippen molar-refractivity contribution in [1.29, 1.82) is 0 Å². The van der Waals surface area contributed by atoms with E-state index in [1.165, 1.54) is 22.5 Å². The highest BCUT2D eigenvalue weighted by Crippen LogP contribution is 2.19. The molecule has 114 valence electrons. The normalized spacial score (nSPS) is 12.8. The quantitative estimate of drug-likeness (QED) is 0.814. The summed E-state index contributed by atoms with van der Waals surface area (Å²) >= 11 is 0. The molecule has 6 nitrogen and oxygen atoms in total. The van der Waals surface area contributed by atoms with Crippen molar-refractivity contribution in [3.05, 3.63) is 24.3 Å². The lowest BCUT2D eigenvalue weighted by molar-refractivity contribution is 0.410. The van der Waals surface area contributed by atoms with Crippen LogP contribution in [0.4, 0.5) is 0 Å². The Bertz CT molecular complexity index is 648. The monoisotopic (exact) mass is 320 g/mol. The fraction of sp³-hybridized carbons (Fsp3) is 0.500. The zero-order chi connectivity index (χ0) is 15.4. The summed E-state index contributed by atoms with van der Waals surface area (Å²) in [7, 11) is -7.61. The SMILES string of the molecule is CCCN(CCC)S(=O)(=O)c1cccc(S(N)(=O)=O)c1. The lowest BCUT2D eigenvalue weighted by Crippen LogP contribution is -2.32. The van der Waals surface area contributed by atoms with Crippen molar-refractivity contribution >= 4 is 20.0 Å². The van der Waals surface area contributed by atoms with Crippen molar-refractivity contribution < 1.29 is 16.8 Å². The van der Waals surface area contributed by atoms with Crippen LogP contribution in [0.2, 0.25) is 0 Å². The number of nitrogens with two attached hydrogens (primary N) is 1. The molecule has 0 fully saturated rings. The lowest BCUT2D eigenvalue weighted by Gasteiger charge is -2.21. The molecule has 1 aromatic rings. The van der Waals surface area contributed by atoms with Gasteiger partial charge in [-0.1, -0.05) is 19.9 Å². The van der Waals surface area contributed by atoms with Crippen LogP contribution in [-0.4, -0.2) is 34.2 Å². The van der Waals surface area contributed by atoms with Gasteiger partial charge in [0.15, 0.2) is 0 Å². The van der Waals surface area contributed by atoms with Gasteiger partial charge in [0.05, 0.1) is 9.79 Å². The number of sulfonamides is 2. The Hall–Kier alpha value is -0.960. The number of primary sulfonamides is 1. The molecule has 0 atom stereocenters. The van der Waals surface area contributed by atoms with Crippen LogP contribution in [-0.2, 0) is 20.0 Å². The molecule has 0 aliphatic rings. The lowest BCUT2D eigenvalue weighted by atomic mass is 10.4. The van der Waals surface area contributed by atoms with Gasteiger partial charge in [-0.3, -0.25) is 0 Å². The van der Waals surface area contributed by atoms with E-state index in [9.17, 15) is 16.8 Å². The molecule has 0 aliphatic carbocycles. The maximum atomic E-state index is 12.5. The molecular formula is C12H20N2O4S2. The smallest absolute Gasteiger partial charge is 0.225 e. The molecule has 0 saturated carbocycles. The average Bonchev–Trinajstić information content (AvgIpc) is 2.37. The van der Waals surface area contributed by atoms with Crippen molar-refractivity contribution in [2.45, 2.75) is 36.5 Å². The number of rotatable bonds is 7. The molecular weight excluding hydrogens is 300 g/mol. The Morgan fingerprint density at radius 3 is 1.95 bits per heavy atom. The van der Waals surface area contributed by atoms with Gasteiger partial charge in [0.25, 0.3) is 0 Å². The maximum absolute atomic E-state index is 12.5. The first-order chi connectivity index (χ1) is 9.23. The molecule has 0 spiro atoms. The third kappa shape index (κ3) is 4.02. The molecule has 0 saturated heterocycles. The average molecular weight is 320 g/mol. The summed E-state index contributed by atoms with van der Waals surface area (Å²) in [5.41, 5.74) is 0. The molecule has 1 aromatic carbocycles. The van der Waals surface area contributed by atoms with Crippen molar-refractivity contribution in [3.63, 3.8) is 0 Å². The van der Waals surface area contributed by atoms with Crippen LogP contribution in [0.5, 0.6) is 0 Å². The summed E-state index contributed by atoms with van der Waals surface area (Å²) in [5.74, 6) is 0. The molecule has 0 heterocycles. The third-order valence-electron chi connectivity index (χ3n) is 2.72. The third-order valence-corrected chi connectivity index (χ3v) is 5.52. The minimum atomic E-state index is -3.92. The van der Waals surface area contributed by atoms with E-state index in [-0.39, 0.29) is 9.79 Å². The van der Waals surface area contributed by atoms with Crippen LogP contribution in [0.3, 0.4) is 0 Å². The van der Waals surface area contributed by atoms with Crippen LogP contribution in [0.15, 0.2) is 34.1 Å². The summed E-state index contributed by atoms with van der Waals surface area (Å²) in [6, 6.07) is 5.13. The highest BCUT2D eigenvalue weighted by atomic mass is 32.2. The zero-order valence-corrected chi connectivity index (χ0v) is 13.2. The summed E-state index contributed by atoms with van der Waals surface area (Å²) in [4.78, 5) is -0.252. The minimum absolute atomic E-state index is 0.0501. The number of hydrogen-bond donors (Lipinski definition) is 1. The van der Waals surface area contributed by atoms with Crippen molar-refractivity contribution in [2.24, 2.45) is 5.14 Å². The van der Waals surface area contributed by atoms with Crippen LogP contribution in [0.1, 0.15) is 26.7 Å². The van der Waals surface area contributed by atoms with E-state index < -0.39 is 20.0 Å². The van der Waals surface area contributed by atoms with Crippen molar-refractivity contribution in [2.75, 3.05) is 13.1 Å². The molecule has 0 aliphatic heterocycles. The van der Waals surface area contributed by atoms with E-state index in [2.05, 4.69) is 0 Å². The number of benzene rings is 1. The Balaban J connectivity index is 3.27. The van der Waals surface area contributed by atoms with Crippen LogP contribution in [0.25, 0.3) is 0 Å². The molecule has 1 rings (SSSR count). The van der Waals surface area contributed by atoms with Gasteiger partial charge < -0.3 is 0 Å². The molecule has 0 amide bonds. The minimum Gasteiger partial charge on any atom is -0.225 e. The van der Waals surface area contributed by atoms with Gasteiger partial charge >= 0.3 is 0 Å². The van der Waals surface area contributed by atoms with Gasteiger partial charge in [-0.15, -0.1) is 0 Å². The summed E-state index contributed by atoms with van der Waals surface area (Å²) in [6.45, 7) is 4.57. The summed E-state index contributed by atoms with van der Waals surface area (Å²) < 4.78 is 48.9. The van der Waals surface area contributed by atoms with Crippen LogP contribution >= 0.6 is 0 Å². The molecule has 0 aromatic heterocycles. The second kappa shape index (κ2) is 6.66. The first kappa shape index (κ1) is 17.1. The first-order valence-corrected chi connectivity index (χ1v) is 9.35. The topological polar surface area (TPSA) is 97.5 Å². The predicted molar refractivity (Wildman–Crippen MR) is 77.2 cm³/mol. The van der Waals surface area contributed by atoms with E-state index in [1.54, 1.807) is 0 Å². The first-order valence-electron chi connectivity index (χ1n) is 6.36. The highest BCUT2D eigenvalue weighted by molar-refractivity contribution is 7.90. The van der Waals surface area contributed by atoms with Gasteiger partial charge in [-0.2, -0.15) is 4.31 Å². The highest BCUT2D eigenvalue weighted by Gasteiger charge is 2.24. The second-order valence-corrected chi connectivity index (χ2v) is 7.92. The largest absolute Gasteiger partial charge is 0.243 e. The Labute approximate surface area is 120 Å². The Morgan fingerprint density at radius 2 is 1.50 bits per heavy atom. The number of nitrogens with zero attached hydrogens (tertiary/aromatic N) is 1. The van der Waals surface area contributed by atoms with E-state index in [0.29, 0.717) is 25.9 Å². The van der Waals surface area contributed by atoms with Gasteiger partial charge in [-0.05, 0) is 31.0 Å². The maximum Gasteiger partial charge on any atom is 0.243 e. The van der Waals surface area contributed by atoms with E-state index in [0.717, 1.165) is 6.07 Å². The Morgan fingerprint density at radius 1 is 1.00 bits per heavy atom. The van der Waals surface area contributed by atoms with Gasteiger partial charge in [0.1, 0.15) is 0 Å². The van der Waals surface area contributed by atoms with Gasteiger partial charge in [-0.25, -0.2) is 22.0 Å².